The standard InChI is InChI=1S/C11H20N2O4/c1-3-8(2)9(10(14)15)12-11(16)13-4-6-17-7-5-13/h8-9H,3-7H2,1-2H3,(H,12,16)(H,14,15)/t8-,9-/m0/s1. The van der Waals surface area contributed by atoms with E-state index in [9.17, 15) is 9.59 Å². The fourth-order valence-electron chi connectivity index (χ4n) is 1.67. The van der Waals surface area contributed by atoms with Gasteiger partial charge in [-0.1, -0.05) is 20.3 Å². The smallest absolute Gasteiger partial charge is 0.326 e. The molecular weight excluding hydrogens is 224 g/mol. The van der Waals surface area contributed by atoms with Crippen LogP contribution in [-0.4, -0.2) is 54.4 Å². The molecule has 0 aromatic carbocycles. The van der Waals surface area contributed by atoms with Crippen molar-refractivity contribution in [3.63, 3.8) is 0 Å². The second-order valence-electron chi connectivity index (χ2n) is 4.25. The Morgan fingerprint density at radius 3 is 2.47 bits per heavy atom. The van der Waals surface area contributed by atoms with E-state index in [-0.39, 0.29) is 11.9 Å². The minimum atomic E-state index is -0.985. The van der Waals surface area contributed by atoms with E-state index >= 15 is 0 Å². The Labute approximate surface area is 101 Å². The van der Waals surface area contributed by atoms with Crippen LogP contribution in [0.4, 0.5) is 4.79 Å². The first-order chi connectivity index (χ1) is 8.06. The zero-order valence-corrected chi connectivity index (χ0v) is 10.3. The van der Waals surface area contributed by atoms with E-state index in [4.69, 9.17) is 9.84 Å². The summed E-state index contributed by atoms with van der Waals surface area (Å²) in [5, 5.41) is 11.6. The van der Waals surface area contributed by atoms with Crippen molar-refractivity contribution in [3.05, 3.63) is 0 Å². The Morgan fingerprint density at radius 1 is 1.41 bits per heavy atom. The maximum atomic E-state index is 11.8. The molecule has 1 saturated heterocycles. The van der Waals surface area contributed by atoms with E-state index in [1.54, 1.807) is 4.90 Å². The summed E-state index contributed by atoms with van der Waals surface area (Å²) in [4.78, 5) is 24.5. The van der Waals surface area contributed by atoms with Crippen LogP contribution < -0.4 is 5.32 Å². The number of carbonyl (C=O) groups is 2. The number of ether oxygens (including phenoxy) is 1. The average Bonchev–Trinajstić information content (AvgIpc) is 2.35. The van der Waals surface area contributed by atoms with Gasteiger partial charge in [0.15, 0.2) is 0 Å². The first-order valence-corrected chi connectivity index (χ1v) is 5.92. The van der Waals surface area contributed by atoms with Crippen LogP contribution in [0, 0.1) is 5.92 Å². The molecule has 1 aliphatic heterocycles. The Morgan fingerprint density at radius 2 is 2.00 bits per heavy atom. The van der Waals surface area contributed by atoms with Gasteiger partial charge in [-0.2, -0.15) is 0 Å². The molecule has 6 nitrogen and oxygen atoms in total. The Hall–Kier alpha value is -1.30. The zero-order chi connectivity index (χ0) is 12.8. The van der Waals surface area contributed by atoms with Crippen LogP contribution in [-0.2, 0) is 9.53 Å². The highest BCUT2D eigenvalue weighted by molar-refractivity contribution is 5.82. The summed E-state index contributed by atoms with van der Waals surface area (Å²) in [5.74, 6) is -1.07. The van der Waals surface area contributed by atoms with Crippen LogP contribution in [0.5, 0.6) is 0 Å². The number of rotatable bonds is 4. The summed E-state index contributed by atoms with van der Waals surface area (Å²) in [5.41, 5.74) is 0. The molecule has 0 saturated carbocycles. The topological polar surface area (TPSA) is 78.9 Å². The number of aliphatic carboxylic acids is 1. The molecule has 0 unspecified atom stereocenters. The van der Waals surface area contributed by atoms with Gasteiger partial charge in [-0.3, -0.25) is 0 Å². The molecule has 2 amide bonds. The number of urea groups is 1. The van der Waals surface area contributed by atoms with E-state index < -0.39 is 12.0 Å². The molecule has 0 aliphatic carbocycles. The van der Waals surface area contributed by atoms with E-state index in [1.165, 1.54) is 0 Å². The van der Waals surface area contributed by atoms with Gasteiger partial charge in [0.2, 0.25) is 0 Å². The third-order valence-electron chi connectivity index (χ3n) is 3.06. The molecule has 1 heterocycles. The van der Waals surface area contributed by atoms with Gasteiger partial charge in [-0.05, 0) is 5.92 Å². The fourth-order valence-corrected chi connectivity index (χ4v) is 1.67. The lowest BCUT2D eigenvalue weighted by molar-refractivity contribution is -0.140. The molecule has 0 aromatic rings. The van der Waals surface area contributed by atoms with E-state index in [1.807, 2.05) is 13.8 Å². The molecule has 6 heteroatoms. The van der Waals surface area contributed by atoms with E-state index in [2.05, 4.69) is 5.32 Å². The van der Waals surface area contributed by atoms with E-state index in [0.717, 1.165) is 0 Å². The molecule has 0 spiro atoms. The number of carboxylic acids is 1. The van der Waals surface area contributed by atoms with Crippen molar-refractivity contribution < 1.29 is 19.4 Å². The summed E-state index contributed by atoms with van der Waals surface area (Å²) < 4.78 is 5.13. The predicted molar refractivity (Wildman–Crippen MR) is 61.8 cm³/mol. The first-order valence-electron chi connectivity index (χ1n) is 5.92. The summed E-state index contributed by atoms with van der Waals surface area (Å²) in [6.07, 6.45) is 0.709. The molecule has 1 rings (SSSR count). The molecule has 1 fully saturated rings. The van der Waals surface area contributed by atoms with Crippen LogP contribution in [0.15, 0.2) is 0 Å². The van der Waals surface area contributed by atoms with Crippen LogP contribution in [0.3, 0.4) is 0 Å². The van der Waals surface area contributed by atoms with Gasteiger partial charge >= 0.3 is 12.0 Å². The zero-order valence-electron chi connectivity index (χ0n) is 10.3. The maximum absolute atomic E-state index is 11.8. The van der Waals surface area contributed by atoms with Gasteiger partial charge in [-0.15, -0.1) is 0 Å². The summed E-state index contributed by atoms with van der Waals surface area (Å²) in [7, 11) is 0. The van der Waals surface area contributed by atoms with Gasteiger partial charge in [0.05, 0.1) is 13.2 Å². The number of nitrogens with zero attached hydrogens (tertiary/aromatic N) is 1. The lowest BCUT2D eigenvalue weighted by atomic mass is 9.99. The van der Waals surface area contributed by atoms with Crippen LogP contribution in [0.1, 0.15) is 20.3 Å². The van der Waals surface area contributed by atoms with E-state index in [0.29, 0.717) is 32.7 Å². The number of hydrogen-bond acceptors (Lipinski definition) is 3. The molecule has 1 aliphatic rings. The number of carbonyl (C=O) groups excluding carboxylic acids is 1. The molecule has 17 heavy (non-hydrogen) atoms. The van der Waals surface area contributed by atoms with Crippen molar-refractivity contribution in [2.45, 2.75) is 26.3 Å². The van der Waals surface area contributed by atoms with Gasteiger partial charge in [0, 0.05) is 13.1 Å². The number of amides is 2. The van der Waals surface area contributed by atoms with Crippen molar-refractivity contribution in [2.24, 2.45) is 5.92 Å². The quantitative estimate of drug-likeness (QED) is 0.756. The molecule has 0 aromatic heterocycles. The highest BCUT2D eigenvalue weighted by Gasteiger charge is 2.27. The SMILES string of the molecule is CC[C@H](C)[C@H](NC(=O)N1CCOCC1)C(=O)O. The van der Waals surface area contributed by atoms with Crippen molar-refractivity contribution in [2.75, 3.05) is 26.3 Å². The lowest BCUT2D eigenvalue weighted by Gasteiger charge is -2.29. The minimum absolute atomic E-state index is 0.0857. The van der Waals surface area contributed by atoms with Gasteiger partial charge in [-0.25, -0.2) is 9.59 Å². The van der Waals surface area contributed by atoms with Crippen molar-refractivity contribution >= 4 is 12.0 Å². The van der Waals surface area contributed by atoms with Crippen LogP contribution in [0.25, 0.3) is 0 Å². The Bertz CT molecular complexity index is 277. The van der Waals surface area contributed by atoms with Crippen LogP contribution in [0.2, 0.25) is 0 Å². The highest BCUT2D eigenvalue weighted by Crippen LogP contribution is 2.09. The second kappa shape index (κ2) is 6.44. The van der Waals surface area contributed by atoms with Gasteiger partial charge < -0.3 is 20.1 Å². The predicted octanol–water partition coefficient (Wildman–Crippen LogP) is 0.527. The fraction of sp³-hybridized carbons (Fsp3) is 0.818. The number of hydrogen-bond donors (Lipinski definition) is 2. The van der Waals surface area contributed by atoms with Crippen molar-refractivity contribution in [1.82, 2.24) is 10.2 Å². The molecule has 2 N–H and O–H groups in total. The largest absolute Gasteiger partial charge is 0.480 e. The van der Waals surface area contributed by atoms with Crippen molar-refractivity contribution in [1.29, 1.82) is 0 Å². The summed E-state index contributed by atoms with van der Waals surface area (Å²) in [6.45, 7) is 5.76. The normalized spacial score (nSPS) is 19.5. The minimum Gasteiger partial charge on any atom is -0.480 e. The molecular formula is C11H20N2O4. The first kappa shape index (κ1) is 13.8. The Kier molecular flexibility index (Phi) is 5.21. The maximum Gasteiger partial charge on any atom is 0.326 e. The van der Waals surface area contributed by atoms with Crippen LogP contribution >= 0.6 is 0 Å². The Balaban J connectivity index is 2.53. The molecule has 0 radical (unpaired) electrons. The van der Waals surface area contributed by atoms with Gasteiger partial charge in [0.1, 0.15) is 6.04 Å². The molecule has 98 valence electrons. The van der Waals surface area contributed by atoms with Crippen molar-refractivity contribution in [3.8, 4) is 0 Å². The number of nitrogens with one attached hydrogen (secondary N) is 1. The number of morpholine rings is 1. The summed E-state index contributed by atoms with van der Waals surface area (Å²) >= 11 is 0. The molecule has 0 bridgehead atoms. The molecule has 2 atom stereocenters. The second-order valence-corrected chi connectivity index (χ2v) is 4.25. The highest BCUT2D eigenvalue weighted by atomic mass is 16.5. The third kappa shape index (κ3) is 3.89. The third-order valence-corrected chi connectivity index (χ3v) is 3.06. The van der Waals surface area contributed by atoms with Gasteiger partial charge in [0.25, 0.3) is 0 Å². The average molecular weight is 244 g/mol. The number of carboxylic acid groups (broad SMARTS) is 1. The lowest BCUT2D eigenvalue weighted by Crippen LogP contribution is -2.53. The summed E-state index contributed by atoms with van der Waals surface area (Å²) in [6, 6.07) is -1.14. The monoisotopic (exact) mass is 244 g/mol.